The molecule has 0 aliphatic rings. The molecular weight excluding hydrogens is 448 g/mol. The van der Waals surface area contributed by atoms with Crippen molar-refractivity contribution in [3.05, 3.63) is 63.1 Å². The fourth-order valence-electron chi connectivity index (χ4n) is 2.92. The van der Waals surface area contributed by atoms with Crippen molar-refractivity contribution >= 4 is 51.0 Å². The number of nitrogens with one attached hydrogen (secondary N) is 2. The van der Waals surface area contributed by atoms with E-state index in [2.05, 4.69) is 32.7 Å². The van der Waals surface area contributed by atoms with E-state index in [4.69, 9.17) is 0 Å². The lowest BCUT2D eigenvalue weighted by molar-refractivity contribution is -0.118. The molecule has 0 spiro atoms. The smallest absolute Gasteiger partial charge is 0.276 e. The molecule has 0 radical (unpaired) electrons. The maximum atomic E-state index is 12.5. The van der Waals surface area contributed by atoms with Gasteiger partial charge in [-0.1, -0.05) is 24.3 Å². The van der Waals surface area contributed by atoms with Crippen LogP contribution in [-0.2, 0) is 11.2 Å². The van der Waals surface area contributed by atoms with Crippen molar-refractivity contribution in [2.75, 3.05) is 11.9 Å². The Labute approximate surface area is 192 Å². The van der Waals surface area contributed by atoms with Gasteiger partial charge in [-0.3, -0.25) is 14.9 Å². The summed E-state index contributed by atoms with van der Waals surface area (Å²) in [7, 11) is 0. The standard InChI is InChI=1S/C22H20N4O2S3/c1-14(27)23-9-2-3-15-4-6-16(7-5-15)18-12-31-22(25-18)26-20(28)19-13-30-21(24-19)17-8-10-29-11-17/h4-8,10-13H,2-3,9H2,1H3,(H,23,27)(H,25,26,28). The molecule has 0 atom stereocenters. The van der Waals surface area contributed by atoms with Gasteiger partial charge in [0.1, 0.15) is 10.7 Å². The zero-order chi connectivity index (χ0) is 21.6. The molecule has 4 rings (SSSR count). The monoisotopic (exact) mass is 468 g/mol. The Hall–Kier alpha value is -2.88. The molecule has 0 aliphatic heterocycles. The number of anilines is 1. The molecule has 6 nitrogen and oxygen atoms in total. The van der Waals surface area contributed by atoms with Crippen LogP contribution in [0.3, 0.4) is 0 Å². The predicted octanol–water partition coefficient (Wildman–Crippen LogP) is 5.32. The number of rotatable bonds is 8. The third kappa shape index (κ3) is 5.63. The first-order valence-corrected chi connectivity index (χ1v) is 12.4. The largest absolute Gasteiger partial charge is 0.356 e. The highest BCUT2D eigenvalue weighted by atomic mass is 32.1. The molecule has 0 saturated carbocycles. The van der Waals surface area contributed by atoms with E-state index in [0.717, 1.165) is 34.7 Å². The van der Waals surface area contributed by atoms with E-state index < -0.39 is 0 Å². The van der Waals surface area contributed by atoms with E-state index in [0.29, 0.717) is 17.4 Å². The Morgan fingerprint density at radius 2 is 1.81 bits per heavy atom. The van der Waals surface area contributed by atoms with Crippen LogP contribution in [0.2, 0.25) is 0 Å². The summed E-state index contributed by atoms with van der Waals surface area (Å²) in [5, 5.41) is 14.7. The zero-order valence-corrected chi connectivity index (χ0v) is 19.2. The van der Waals surface area contributed by atoms with Gasteiger partial charge in [-0.25, -0.2) is 9.97 Å². The Morgan fingerprint density at radius 1 is 0.968 bits per heavy atom. The average molecular weight is 469 g/mol. The van der Waals surface area contributed by atoms with Crippen LogP contribution in [0.25, 0.3) is 21.8 Å². The minimum Gasteiger partial charge on any atom is -0.356 e. The number of benzene rings is 1. The van der Waals surface area contributed by atoms with Gasteiger partial charge in [0.05, 0.1) is 5.69 Å². The van der Waals surface area contributed by atoms with E-state index in [1.54, 1.807) is 16.7 Å². The first-order valence-electron chi connectivity index (χ1n) is 9.67. The summed E-state index contributed by atoms with van der Waals surface area (Å²) in [6, 6.07) is 10.2. The fraction of sp³-hybridized carbons (Fsp3) is 0.182. The average Bonchev–Trinajstić information content (AvgIpc) is 3.53. The van der Waals surface area contributed by atoms with Crippen LogP contribution in [0, 0.1) is 0 Å². The highest BCUT2D eigenvalue weighted by Gasteiger charge is 2.14. The number of thiazole rings is 2. The molecule has 31 heavy (non-hydrogen) atoms. The molecular formula is C22H20N4O2S3. The second-order valence-electron chi connectivity index (χ2n) is 6.83. The van der Waals surface area contributed by atoms with Crippen molar-refractivity contribution in [3.63, 3.8) is 0 Å². The van der Waals surface area contributed by atoms with E-state index in [1.165, 1.54) is 35.2 Å². The van der Waals surface area contributed by atoms with Crippen molar-refractivity contribution in [2.45, 2.75) is 19.8 Å². The van der Waals surface area contributed by atoms with Crippen LogP contribution in [0.1, 0.15) is 29.4 Å². The molecule has 2 N–H and O–H groups in total. The van der Waals surface area contributed by atoms with Gasteiger partial charge in [-0.15, -0.1) is 22.7 Å². The minimum absolute atomic E-state index is 0.000504. The molecule has 0 aliphatic carbocycles. The van der Waals surface area contributed by atoms with Crippen molar-refractivity contribution in [3.8, 4) is 21.8 Å². The molecule has 4 aromatic rings. The van der Waals surface area contributed by atoms with Crippen LogP contribution < -0.4 is 10.6 Å². The normalized spacial score (nSPS) is 10.7. The Balaban J connectivity index is 1.35. The highest BCUT2D eigenvalue weighted by Crippen LogP contribution is 2.28. The quantitative estimate of drug-likeness (QED) is 0.343. The first-order chi connectivity index (χ1) is 15.1. The molecule has 1 aromatic carbocycles. The van der Waals surface area contributed by atoms with E-state index in [-0.39, 0.29) is 11.8 Å². The molecule has 0 unspecified atom stereocenters. The Kier molecular flexibility index (Phi) is 6.86. The Bertz CT molecular complexity index is 1160. The van der Waals surface area contributed by atoms with Crippen molar-refractivity contribution in [1.82, 2.24) is 15.3 Å². The number of hydrogen-bond donors (Lipinski definition) is 2. The van der Waals surface area contributed by atoms with E-state index in [1.807, 2.05) is 34.3 Å². The van der Waals surface area contributed by atoms with Crippen LogP contribution >= 0.6 is 34.0 Å². The molecule has 2 amide bonds. The summed E-state index contributed by atoms with van der Waals surface area (Å²) in [5.74, 6) is -0.257. The van der Waals surface area contributed by atoms with Crippen LogP contribution in [0.5, 0.6) is 0 Å². The number of aryl methyl sites for hydroxylation is 1. The van der Waals surface area contributed by atoms with Crippen LogP contribution in [-0.4, -0.2) is 28.3 Å². The van der Waals surface area contributed by atoms with Crippen molar-refractivity contribution in [1.29, 1.82) is 0 Å². The molecule has 3 heterocycles. The summed E-state index contributed by atoms with van der Waals surface area (Å²) in [6.07, 6.45) is 1.80. The second kappa shape index (κ2) is 9.95. The summed E-state index contributed by atoms with van der Waals surface area (Å²) >= 11 is 4.45. The molecule has 0 saturated heterocycles. The van der Waals surface area contributed by atoms with Gasteiger partial charge in [-0.05, 0) is 29.9 Å². The summed E-state index contributed by atoms with van der Waals surface area (Å²) in [4.78, 5) is 32.4. The number of carbonyl (C=O) groups is 2. The summed E-state index contributed by atoms with van der Waals surface area (Å²) in [5.41, 5.74) is 4.46. The van der Waals surface area contributed by atoms with Gasteiger partial charge in [0.25, 0.3) is 5.91 Å². The van der Waals surface area contributed by atoms with Gasteiger partial charge in [0.2, 0.25) is 5.91 Å². The van der Waals surface area contributed by atoms with Gasteiger partial charge >= 0.3 is 0 Å². The minimum atomic E-state index is -0.256. The highest BCUT2D eigenvalue weighted by molar-refractivity contribution is 7.14. The SMILES string of the molecule is CC(=O)NCCCc1ccc(-c2csc(NC(=O)c3csc(-c4ccsc4)n3)n2)cc1. The fourth-order valence-corrected chi connectivity index (χ4v) is 5.15. The second-order valence-corrected chi connectivity index (χ2v) is 9.32. The lowest BCUT2D eigenvalue weighted by Crippen LogP contribution is -2.21. The maximum absolute atomic E-state index is 12.5. The lowest BCUT2D eigenvalue weighted by atomic mass is 10.1. The van der Waals surface area contributed by atoms with Gasteiger partial charge in [-0.2, -0.15) is 11.3 Å². The van der Waals surface area contributed by atoms with Gasteiger partial charge in [0.15, 0.2) is 5.13 Å². The zero-order valence-electron chi connectivity index (χ0n) is 16.8. The Morgan fingerprint density at radius 3 is 2.55 bits per heavy atom. The van der Waals surface area contributed by atoms with E-state index >= 15 is 0 Å². The lowest BCUT2D eigenvalue weighted by Gasteiger charge is -2.04. The number of aromatic nitrogens is 2. The number of hydrogen-bond acceptors (Lipinski definition) is 7. The van der Waals surface area contributed by atoms with Crippen molar-refractivity contribution in [2.24, 2.45) is 0 Å². The van der Waals surface area contributed by atoms with Gasteiger partial charge < -0.3 is 5.32 Å². The number of thiophene rings is 1. The molecule has 0 fully saturated rings. The molecule has 0 bridgehead atoms. The van der Waals surface area contributed by atoms with Crippen LogP contribution in [0.4, 0.5) is 5.13 Å². The van der Waals surface area contributed by atoms with Crippen LogP contribution in [0.15, 0.2) is 51.9 Å². The molecule has 3 aromatic heterocycles. The first kappa shape index (κ1) is 21.4. The third-order valence-corrected chi connectivity index (χ3v) is 6.83. The van der Waals surface area contributed by atoms with Gasteiger partial charge in [0, 0.05) is 40.7 Å². The van der Waals surface area contributed by atoms with E-state index in [9.17, 15) is 9.59 Å². The summed E-state index contributed by atoms with van der Waals surface area (Å²) in [6.45, 7) is 2.21. The maximum Gasteiger partial charge on any atom is 0.276 e. The predicted molar refractivity (Wildman–Crippen MR) is 128 cm³/mol. The molecule has 158 valence electrons. The summed E-state index contributed by atoms with van der Waals surface area (Å²) < 4.78 is 0. The number of amides is 2. The van der Waals surface area contributed by atoms with Crippen molar-refractivity contribution < 1.29 is 9.59 Å². The topological polar surface area (TPSA) is 84.0 Å². The molecule has 9 heteroatoms. The third-order valence-electron chi connectivity index (χ3n) is 4.50. The number of nitrogens with zero attached hydrogens (tertiary/aromatic N) is 2. The number of carbonyl (C=O) groups excluding carboxylic acids is 2.